The van der Waals surface area contributed by atoms with Gasteiger partial charge in [-0.1, -0.05) is 12.6 Å². The van der Waals surface area contributed by atoms with Gasteiger partial charge in [0.2, 0.25) is 11.8 Å². The van der Waals surface area contributed by atoms with Gasteiger partial charge in [0, 0.05) is 73.0 Å². The molecule has 2 aromatic carbocycles. The number of halogens is 3. The van der Waals surface area contributed by atoms with Gasteiger partial charge < -0.3 is 19.1 Å². The second kappa shape index (κ2) is 12.6. The Hall–Kier alpha value is -5.50. The second-order valence-electron chi connectivity index (χ2n) is 13.6. The number of ether oxygens (including phenoxy) is 1. The second-order valence-corrected chi connectivity index (χ2v) is 14.4. The standard InChI is InChI=1S/C38H34F3N7O3S/c1-6-31(49)48-19(2)14-47-29(20(48)3)13-27(44-47)37-35(33-24(40)11-23(39)12-30(33)51-16-21-9-32(50)45(4)15-21)34-25(41)17-52-38(34)36(43-37)22-7-8-28-26(10-22)42-18-46(28)5/h6-8,10-13,17-21H,1,9,14-16H2,2-5H3/t19-,20+,21+/m0/s1. The van der Waals surface area contributed by atoms with Crippen LogP contribution in [-0.2, 0) is 23.2 Å². The molecular formula is C38H34F3N7O3S. The van der Waals surface area contributed by atoms with Crippen LogP contribution in [0.25, 0.3) is 54.9 Å². The Morgan fingerprint density at radius 1 is 1.06 bits per heavy atom. The van der Waals surface area contributed by atoms with E-state index in [1.165, 1.54) is 11.5 Å². The van der Waals surface area contributed by atoms with Crippen molar-refractivity contribution in [3.8, 4) is 39.5 Å². The van der Waals surface area contributed by atoms with Crippen LogP contribution in [0.5, 0.6) is 5.75 Å². The molecule has 6 aromatic rings. The molecule has 52 heavy (non-hydrogen) atoms. The van der Waals surface area contributed by atoms with Crippen LogP contribution >= 0.6 is 11.3 Å². The van der Waals surface area contributed by atoms with Gasteiger partial charge in [-0.15, -0.1) is 11.3 Å². The Bertz CT molecular complexity index is 2450. The highest BCUT2D eigenvalue weighted by Crippen LogP contribution is 2.48. The third-order valence-electron chi connectivity index (χ3n) is 10.1. The van der Waals surface area contributed by atoms with Crippen molar-refractivity contribution in [2.24, 2.45) is 13.0 Å². The van der Waals surface area contributed by atoms with Crippen molar-refractivity contribution >= 4 is 44.3 Å². The number of carbonyl (C=O) groups excluding carboxylic acids is 2. The van der Waals surface area contributed by atoms with E-state index in [0.717, 1.165) is 29.0 Å². The smallest absolute Gasteiger partial charge is 0.246 e. The van der Waals surface area contributed by atoms with Gasteiger partial charge in [0.25, 0.3) is 0 Å². The SMILES string of the molecule is C=CC(=O)N1[C@H](C)c2cc(-c3nc(-c4ccc5c(c4)ncn5C)c4scc(F)c4c3-c3c(F)cc(F)cc3OC[C@@H]3CC(=O)N(C)C3)nn2C[C@@H]1C. The fraction of sp³-hybridized carbons (Fsp3) is 0.289. The number of hydrogen-bond donors (Lipinski definition) is 0. The lowest BCUT2D eigenvalue weighted by molar-refractivity contribution is -0.132. The summed E-state index contributed by atoms with van der Waals surface area (Å²) < 4.78 is 57.9. The maximum atomic E-state index is 16.4. The zero-order valence-electron chi connectivity index (χ0n) is 28.9. The molecule has 0 unspecified atom stereocenters. The number of amides is 2. The van der Waals surface area contributed by atoms with Crippen LogP contribution in [0.1, 0.15) is 32.0 Å². The van der Waals surface area contributed by atoms with E-state index in [9.17, 15) is 14.0 Å². The normalized spacial score (nSPS) is 18.8. The predicted octanol–water partition coefficient (Wildman–Crippen LogP) is 7.13. The third kappa shape index (κ3) is 5.43. The highest BCUT2D eigenvalue weighted by atomic mass is 32.1. The summed E-state index contributed by atoms with van der Waals surface area (Å²) in [4.78, 5) is 38.0. The van der Waals surface area contributed by atoms with Crippen molar-refractivity contribution in [3.63, 3.8) is 0 Å². The van der Waals surface area contributed by atoms with Crippen molar-refractivity contribution in [2.75, 3.05) is 20.2 Å². The molecule has 0 bridgehead atoms. The van der Waals surface area contributed by atoms with Gasteiger partial charge >= 0.3 is 0 Å². The first kappa shape index (κ1) is 33.6. The monoisotopic (exact) mass is 725 g/mol. The third-order valence-corrected chi connectivity index (χ3v) is 11.0. The summed E-state index contributed by atoms with van der Waals surface area (Å²) in [5.74, 6) is -3.10. The van der Waals surface area contributed by atoms with Crippen LogP contribution in [0.15, 0.2) is 60.8 Å². The van der Waals surface area contributed by atoms with Gasteiger partial charge in [-0.25, -0.2) is 23.1 Å². The van der Waals surface area contributed by atoms with Crippen molar-refractivity contribution in [3.05, 3.63) is 83.9 Å². The Kier molecular flexibility index (Phi) is 8.16. The summed E-state index contributed by atoms with van der Waals surface area (Å²) >= 11 is 1.12. The van der Waals surface area contributed by atoms with Crippen molar-refractivity contribution in [2.45, 2.75) is 38.9 Å². The molecule has 0 aliphatic carbocycles. The minimum absolute atomic E-state index is 0.00746. The van der Waals surface area contributed by atoms with Gasteiger partial charge in [-0.05, 0) is 38.1 Å². The molecule has 6 heterocycles. The number of imidazole rings is 1. The van der Waals surface area contributed by atoms with E-state index >= 15 is 8.78 Å². The quantitative estimate of drug-likeness (QED) is 0.163. The van der Waals surface area contributed by atoms with E-state index < -0.39 is 23.5 Å². The van der Waals surface area contributed by atoms with E-state index in [2.05, 4.69) is 11.6 Å². The van der Waals surface area contributed by atoms with Gasteiger partial charge in [-0.2, -0.15) is 5.10 Å². The highest BCUT2D eigenvalue weighted by Gasteiger charge is 2.35. The minimum Gasteiger partial charge on any atom is -0.492 e. The van der Waals surface area contributed by atoms with Crippen LogP contribution in [0.3, 0.4) is 0 Å². The molecule has 2 amide bonds. The predicted molar refractivity (Wildman–Crippen MR) is 192 cm³/mol. The number of likely N-dealkylation sites (tertiary alicyclic amines) is 1. The molecule has 14 heteroatoms. The topological polar surface area (TPSA) is 98.4 Å². The molecule has 10 nitrogen and oxygen atoms in total. The summed E-state index contributed by atoms with van der Waals surface area (Å²) in [5.41, 5.74) is 3.73. The van der Waals surface area contributed by atoms with Crippen molar-refractivity contribution in [1.82, 2.24) is 34.1 Å². The van der Waals surface area contributed by atoms with Crippen LogP contribution < -0.4 is 4.74 Å². The molecule has 3 atom stereocenters. The lowest BCUT2D eigenvalue weighted by atomic mass is 9.94. The summed E-state index contributed by atoms with van der Waals surface area (Å²) in [7, 11) is 3.58. The van der Waals surface area contributed by atoms with E-state index in [-0.39, 0.29) is 64.8 Å². The van der Waals surface area contributed by atoms with Crippen molar-refractivity contribution < 1.29 is 27.5 Å². The molecule has 2 aliphatic rings. The lowest BCUT2D eigenvalue weighted by Gasteiger charge is -2.38. The Morgan fingerprint density at radius 3 is 2.62 bits per heavy atom. The molecular weight excluding hydrogens is 692 g/mol. The van der Waals surface area contributed by atoms with E-state index in [1.54, 1.807) is 33.9 Å². The number of thiophene rings is 1. The van der Waals surface area contributed by atoms with Crippen LogP contribution in [0, 0.1) is 23.4 Å². The Morgan fingerprint density at radius 2 is 1.87 bits per heavy atom. The van der Waals surface area contributed by atoms with Crippen LogP contribution in [0.2, 0.25) is 0 Å². The molecule has 266 valence electrons. The maximum absolute atomic E-state index is 16.4. The fourth-order valence-corrected chi connectivity index (χ4v) is 8.51. The number of nitrogens with zero attached hydrogens (tertiary/aromatic N) is 7. The summed E-state index contributed by atoms with van der Waals surface area (Å²) in [5, 5.41) is 6.33. The van der Waals surface area contributed by atoms with Gasteiger partial charge in [0.05, 0.1) is 58.2 Å². The molecule has 0 saturated carbocycles. The zero-order chi connectivity index (χ0) is 36.6. The maximum Gasteiger partial charge on any atom is 0.246 e. The number of benzene rings is 2. The Balaban J connectivity index is 1.38. The molecule has 0 N–H and O–H groups in total. The van der Waals surface area contributed by atoms with Gasteiger partial charge in [0.1, 0.15) is 34.6 Å². The molecule has 1 fully saturated rings. The summed E-state index contributed by atoms with van der Waals surface area (Å²) in [6, 6.07) is 8.61. The van der Waals surface area contributed by atoms with Crippen LogP contribution in [0.4, 0.5) is 13.2 Å². The van der Waals surface area contributed by atoms with Gasteiger partial charge in [-0.3, -0.25) is 14.3 Å². The molecule has 8 rings (SSSR count). The zero-order valence-corrected chi connectivity index (χ0v) is 29.7. The molecule has 1 saturated heterocycles. The lowest BCUT2D eigenvalue weighted by Crippen LogP contribution is -2.46. The number of pyridine rings is 1. The van der Waals surface area contributed by atoms with E-state index in [0.29, 0.717) is 46.0 Å². The molecule has 2 aliphatic heterocycles. The fourth-order valence-electron chi connectivity index (χ4n) is 7.58. The number of carbonyl (C=O) groups is 2. The largest absolute Gasteiger partial charge is 0.492 e. The molecule has 0 spiro atoms. The molecule has 4 aromatic heterocycles. The highest BCUT2D eigenvalue weighted by molar-refractivity contribution is 7.17. The first-order valence-electron chi connectivity index (χ1n) is 16.8. The Labute approximate surface area is 300 Å². The number of rotatable bonds is 7. The number of aryl methyl sites for hydroxylation is 1. The first-order chi connectivity index (χ1) is 24.9. The minimum atomic E-state index is -0.971. The molecule has 0 radical (unpaired) electrons. The average molecular weight is 726 g/mol. The number of hydrogen-bond acceptors (Lipinski definition) is 7. The average Bonchev–Trinajstić information content (AvgIpc) is 3.89. The van der Waals surface area contributed by atoms with Crippen LogP contribution in [-0.4, -0.2) is 72.2 Å². The van der Waals surface area contributed by atoms with Gasteiger partial charge in [0.15, 0.2) is 0 Å². The number of aromatic nitrogens is 5. The first-order valence-corrected chi connectivity index (χ1v) is 17.7. The van der Waals surface area contributed by atoms with E-state index in [1.807, 2.05) is 43.7 Å². The van der Waals surface area contributed by atoms with Crippen molar-refractivity contribution in [1.29, 1.82) is 0 Å². The van der Waals surface area contributed by atoms with E-state index in [4.69, 9.17) is 14.8 Å². The number of fused-ring (bicyclic) bond motifs is 3. The summed E-state index contributed by atoms with van der Waals surface area (Å²) in [6.07, 6.45) is 3.21. The summed E-state index contributed by atoms with van der Waals surface area (Å²) in [6.45, 7) is 8.26.